The number of benzene rings is 3. The molecule has 1 saturated heterocycles. The summed E-state index contributed by atoms with van der Waals surface area (Å²) in [6.45, 7) is 4.49. The lowest BCUT2D eigenvalue weighted by atomic mass is 9.89. The van der Waals surface area contributed by atoms with Gasteiger partial charge >= 0.3 is 12.1 Å². The largest absolute Gasteiger partial charge is 0.496 e. The van der Waals surface area contributed by atoms with Crippen LogP contribution < -0.4 is 10.1 Å². The van der Waals surface area contributed by atoms with Crippen LogP contribution in [0.3, 0.4) is 0 Å². The number of carboxylic acid groups (broad SMARTS) is 1. The highest BCUT2D eigenvalue weighted by molar-refractivity contribution is 5.88. The number of hydrogen-bond donors (Lipinski definition) is 2. The molecule has 0 radical (unpaired) electrons. The van der Waals surface area contributed by atoms with E-state index < -0.39 is 17.6 Å². The minimum absolute atomic E-state index is 0.0112. The summed E-state index contributed by atoms with van der Waals surface area (Å²) in [5.74, 6) is -0.209. The third kappa shape index (κ3) is 5.16. The number of carboxylic acids is 1. The fourth-order valence-electron chi connectivity index (χ4n) is 5.52. The van der Waals surface area contributed by atoms with Crippen molar-refractivity contribution in [3.8, 4) is 16.9 Å². The third-order valence-corrected chi connectivity index (χ3v) is 7.89. The molecule has 8 heteroatoms. The monoisotopic (exact) mass is 530 g/mol. The second kappa shape index (κ2) is 10.6. The summed E-state index contributed by atoms with van der Waals surface area (Å²) in [6.07, 6.45) is 1.27. The Balaban J connectivity index is 1.44. The third-order valence-electron chi connectivity index (χ3n) is 7.89. The summed E-state index contributed by atoms with van der Waals surface area (Å²) in [5.41, 5.74) is 7.14. The van der Waals surface area contributed by atoms with Crippen LogP contribution in [-0.4, -0.2) is 61.0 Å². The van der Waals surface area contributed by atoms with Crippen molar-refractivity contribution in [3.05, 3.63) is 82.4 Å². The van der Waals surface area contributed by atoms with Gasteiger partial charge in [0.1, 0.15) is 5.75 Å². The fraction of sp³-hybridized carbons (Fsp3) is 0.355. The zero-order valence-electron chi connectivity index (χ0n) is 22.7. The van der Waals surface area contributed by atoms with Gasteiger partial charge in [-0.1, -0.05) is 36.4 Å². The van der Waals surface area contributed by atoms with Crippen molar-refractivity contribution < 1.29 is 28.9 Å². The lowest BCUT2D eigenvalue weighted by Crippen LogP contribution is -2.71. The predicted octanol–water partition coefficient (Wildman–Crippen LogP) is 4.98. The minimum Gasteiger partial charge on any atom is -0.496 e. The molecule has 0 aromatic heterocycles. The Hall–Kier alpha value is -4.04. The Morgan fingerprint density at radius 1 is 1.03 bits per heavy atom. The van der Waals surface area contributed by atoms with Crippen molar-refractivity contribution in [2.24, 2.45) is 0 Å². The van der Waals surface area contributed by atoms with E-state index >= 15 is 0 Å². The number of aliphatic carboxylic acids is 1. The van der Waals surface area contributed by atoms with E-state index in [2.05, 4.69) is 42.6 Å². The molecule has 8 nitrogen and oxygen atoms in total. The average molecular weight is 531 g/mol. The predicted molar refractivity (Wildman–Crippen MR) is 148 cm³/mol. The number of nitrogens with zero attached hydrogens (tertiary/aromatic N) is 1. The maximum absolute atomic E-state index is 12.2. The lowest BCUT2D eigenvalue weighted by Gasteiger charge is -2.46. The number of likely N-dealkylation sites (tertiary alicyclic amines) is 1. The van der Waals surface area contributed by atoms with Gasteiger partial charge in [-0.3, -0.25) is 0 Å². The molecular weight excluding hydrogens is 496 g/mol. The molecule has 1 aliphatic heterocycles. The summed E-state index contributed by atoms with van der Waals surface area (Å²) in [5, 5.41) is 13.2. The molecular formula is C31H34N2O6. The van der Waals surface area contributed by atoms with E-state index in [4.69, 9.17) is 14.2 Å². The molecule has 3 aromatic rings. The van der Waals surface area contributed by atoms with Gasteiger partial charge in [0.15, 0.2) is 5.54 Å². The highest BCUT2D eigenvalue weighted by Crippen LogP contribution is 2.35. The van der Waals surface area contributed by atoms with Crippen LogP contribution in [0.2, 0.25) is 0 Å². The molecule has 0 unspecified atom stereocenters. The molecule has 3 aromatic carbocycles. The number of carbonyl (C=O) groups is 2. The first-order chi connectivity index (χ1) is 18.7. The van der Waals surface area contributed by atoms with Crippen molar-refractivity contribution in [1.82, 2.24) is 4.90 Å². The molecule has 5 rings (SSSR count). The van der Waals surface area contributed by atoms with Gasteiger partial charge in [0.05, 0.1) is 40.0 Å². The first-order valence-corrected chi connectivity index (χ1v) is 13.0. The first kappa shape index (κ1) is 26.6. The van der Waals surface area contributed by atoms with Crippen LogP contribution in [0.4, 0.5) is 10.5 Å². The topological polar surface area (TPSA) is 97.3 Å². The number of carbonyl (C=O) groups excluding carboxylic acids is 1. The Morgan fingerprint density at radius 3 is 2.33 bits per heavy atom. The molecule has 2 N–H and O–H groups in total. The molecule has 204 valence electrons. The van der Waals surface area contributed by atoms with Gasteiger partial charge in [-0.15, -0.1) is 0 Å². The number of ether oxygens (including phenoxy) is 3. The maximum atomic E-state index is 12.2. The lowest BCUT2D eigenvalue weighted by molar-refractivity contribution is -0.147. The van der Waals surface area contributed by atoms with E-state index in [1.54, 1.807) is 7.11 Å². The van der Waals surface area contributed by atoms with Gasteiger partial charge in [0.25, 0.3) is 0 Å². The van der Waals surface area contributed by atoms with Crippen molar-refractivity contribution in [2.75, 3.05) is 32.6 Å². The number of amides is 1. The summed E-state index contributed by atoms with van der Waals surface area (Å²) < 4.78 is 16.8. The average Bonchev–Trinajstić information content (AvgIpc) is 3.33. The number of hydrogen-bond acceptors (Lipinski definition) is 6. The Labute approximate surface area is 228 Å². The molecule has 2 aliphatic rings. The fourth-order valence-corrected chi connectivity index (χ4v) is 5.52. The van der Waals surface area contributed by atoms with Crippen molar-refractivity contribution in [1.29, 1.82) is 0 Å². The van der Waals surface area contributed by atoms with Crippen LogP contribution in [0.5, 0.6) is 5.75 Å². The van der Waals surface area contributed by atoms with Crippen LogP contribution in [0.1, 0.15) is 27.8 Å². The zero-order chi connectivity index (χ0) is 27.7. The molecule has 0 atom stereocenters. The van der Waals surface area contributed by atoms with E-state index in [0.29, 0.717) is 12.3 Å². The molecule has 1 aliphatic carbocycles. The summed E-state index contributed by atoms with van der Waals surface area (Å²) >= 11 is 0. The van der Waals surface area contributed by atoms with Gasteiger partial charge in [0.2, 0.25) is 0 Å². The number of anilines is 1. The van der Waals surface area contributed by atoms with Crippen LogP contribution in [0.15, 0.2) is 54.6 Å². The summed E-state index contributed by atoms with van der Waals surface area (Å²) in [7, 11) is 2.95. The van der Waals surface area contributed by atoms with E-state index in [-0.39, 0.29) is 19.2 Å². The molecule has 1 fully saturated rings. The van der Waals surface area contributed by atoms with E-state index in [0.717, 1.165) is 46.4 Å². The minimum atomic E-state index is -1.29. The highest BCUT2D eigenvalue weighted by Gasteiger charge is 2.52. The van der Waals surface area contributed by atoms with E-state index in [1.807, 2.05) is 31.2 Å². The first-order valence-electron chi connectivity index (χ1n) is 13.0. The second-order valence-corrected chi connectivity index (χ2v) is 10.4. The highest BCUT2D eigenvalue weighted by atomic mass is 16.5. The normalized spacial score (nSPS) is 15.8. The summed E-state index contributed by atoms with van der Waals surface area (Å²) in [4.78, 5) is 25.4. The number of methoxy groups -OCH3 is 2. The number of rotatable bonds is 8. The number of aryl methyl sites for hydroxylation is 1. The van der Waals surface area contributed by atoms with Crippen LogP contribution >= 0.6 is 0 Å². The number of fused-ring (bicyclic) bond motifs is 1. The molecule has 1 heterocycles. The van der Waals surface area contributed by atoms with Crippen LogP contribution in [0, 0.1) is 13.8 Å². The quantitative estimate of drug-likeness (QED) is 0.424. The molecule has 39 heavy (non-hydrogen) atoms. The second-order valence-electron chi connectivity index (χ2n) is 10.4. The smallest absolute Gasteiger partial charge is 0.409 e. The van der Waals surface area contributed by atoms with Crippen molar-refractivity contribution in [3.63, 3.8) is 0 Å². The number of nitrogens with one attached hydrogen (secondary N) is 1. The molecule has 1 amide bonds. The van der Waals surface area contributed by atoms with Gasteiger partial charge in [0, 0.05) is 5.69 Å². The van der Waals surface area contributed by atoms with E-state index in [1.165, 1.54) is 23.1 Å². The Morgan fingerprint density at radius 2 is 1.72 bits per heavy atom. The standard InChI is InChI=1S/C31H34N2O6/c1-19-11-23(15-28(37-3)20(19)2)27-10-9-25(32-31(29(34)35)17-33(18-31)30(36)38-4)12-24(27)16-39-26-13-21-7-5-6-8-22(21)14-26/h5-12,15,26,32H,13-14,16-18H2,1-4H3,(H,34,35). The SMILES string of the molecule is COC(=O)N1CC(Nc2ccc(-c3cc(C)c(C)c(OC)c3)c(COC3Cc4ccccc4C3)c2)(C(=O)O)C1. The zero-order valence-corrected chi connectivity index (χ0v) is 22.7. The van der Waals surface area contributed by atoms with Crippen LogP contribution in [0.25, 0.3) is 11.1 Å². The van der Waals surface area contributed by atoms with Crippen LogP contribution in [-0.2, 0) is 33.7 Å². The van der Waals surface area contributed by atoms with E-state index in [9.17, 15) is 14.7 Å². The van der Waals surface area contributed by atoms with Gasteiger partial charge < -0.3 is 29.5 Å². The van der Waals surface area contributed by atoms with Gasteiger partial charge in [-0.2, -0.15) is 0 Å². The van der Waals surface area contributed by atoms with Gasteiger partial charge in [-0.25, -0.2) is 9.59 Å². The van der Waals surface area contributed by atoms with Crippen molar-refractivity contribution in [2.45, 2.75) is 44.9 Å². The summed E-state index contributed by atoms with van der Waals surface area (Å²) in [6, 6.07) is 18.4. The Kier molecular flexibility index (Phi) is 7.23. The maximum Gasteiger partial charge on any atom is 0.409 e. The van der Waals surface area contributed by atoms with Crippen molar-refractivity contribution >= 4 is 17.7 Å². The Bertz CT molecular complexity index is 1390. The molecule has 0 bridgehead atoms. The van der Waals surface area contributed by atoms with Gasteiger partial charge in [-0.05, 0) is 83.8 Å². The molecule has 0 spiro atoms. The molecule has 0 saturated carbocycles.